The van der Waals surface area contributed by atoms with Crippen LogP contribution in [0, 0.1) is 0 Å². The fourth-order valence-electron chi connectivity index (χ4n) is 1.39. The van der Waals surface area contributed by atoms with Crippen molar-refractivity contribution in [1.29, 1.82) is 0 Å². The Morgan fingerprint density at radius 3 is 2.50 bits per heavy atom. The molecule has 0 aliphatic heterocycles. The molecule has 0 aliphatic rings. The molecule has 0 amide bonds. The molecule has 0 radical (unpaired) electrons. The van der Waals surface area contributed by atoms with Crippen molar-refractivity contribution in [1.82, 2.24) is 5.32 Å². The molecule has 2 atom stereocenters. The second-order valence-electron chi connectivity index (χ2n) is 3.62. The van der Waals surface area contributed by atoms with Crippen molar-refractivity contribution < 1.29 is 15.0 Å². The van der Waals surface area contributed by atoms with Crippen molar-refractivity contribution in [2.75, 3.05) is 6.61 Å². The molecule has 0 aromatic heterocycles. The van der Waals surface area contributed by atoms with Gasteiger partial charge in [-0.2, -0.15) is 0 Å². The smallest absolute Gasteiger partial charge is 0.303 e. The Morgan fingerprint density at radius 1 is 1.43 bits per heavy atom. The van der Waals surface area contributed by atoms with Gasteiger partial charge in [-0.05, 0) is 26.2 Å². The van der Waals surface area contributed by atoms with Crippen molar-refractivity contribution >= 4 is 5.97 Å². The highest BCUT2D eigenvalue weighted by molar-refractivity contribution is 5.66. The highest BCUT2D eigenvalue weighted by Crippen LogP contribution is 2.02. The number of carboxylic acid groups (broad SMARTS) is 1. The lowest BCUT2D eigenvalue weighted by Crippen LogP contribution is -2.37. The Hall–Kier alpha value is -0.610. The van der Waals surface area contributed by atoms with Crippen LogP contribution in [0.15, 0.2) is 0 Å². The normalized spacial score (nSPS) is 15.1. The van der Waals surface area contributed by atoms with Crippen molar-refractivity contribution in [3.8, 4) is 0 Å². The van der Waals surface area contributed by atoms with Gasteiger partial charge in [-0.3, -0.25) is 4.79 Å². The molecule has 3 N–H and O–H groups in total. The predicted molar refractivity (Wildman–Crippen MR) is 55.2 cm³/mol. The maximum Gasteiger partial charge on any atom is 0.303 e. The SMILES string of the molecule is CCC(CCO)NC(C)CCC(=O)O. The van der Waals surface area contributed by atoms with E-state index in [2.05, 4.69) is 12.2 Å². The number of carbonyl (C=O) groups is 1. The molecule has 0 heterocycles. The van der Waals surface area contributed by atoms with Gasteiger partial charge in [-0.15, -0.1) is 0 Å². The molecule has 0 saturated heterocycles. The van der Waals surface area contributed by atoms with E-state index in [-0.39, 0.29) is 19.1 Å². The summed E-state index contributed by atoms with van der Waals surface area (Å²) >= 11 is 0. The Labute approximate surface area is 85.3 Å². The van der Waals surface area contributed by atoms with Crippen LogP contribution in [0.3, 0.4) is 0 Å². The van der Waals surface area contributed by atoms with Crippen molar-refractivity contribution in [2.24, 2.45) is 0 Å². The van der Waals surface area contributed by atoms with Gasteiger partial charge >= 0.3 is 5.97 Å². The molecule has 0 fully saturated rings. The third kappa shape index (κ3) is 6.86. The first-order valence-corrected chi connectivity index (χ1v) is 5.18. The van der Waals surface area contributed by atoms with Crippen LogP contribution in [-0.4, -0.2) is 34.9 Å². The lowest BCUT2D eigenvalue weighted by molar-refractivity contribution is -0.137. The van der Waals surface area contributed by atoms with Gasteiger partial charge in [-0.25, -0.2) is 0 Å². The third-order valence-corrected chi connectivity index (χ3v) is 2.28. The Kier molecular flexibility index (Phi) is 7.42. The van der Waals surface area contributed by atoms with Crippen LogP contribution in [0.2, 0.25) is 0 Å². The zero-order valence-corrected chi connectivity index (χ0v) is 8.99. The molecule has 0 rings (SSSR count). The second kappa shape index (κ2) is 7.76. The van der Waals surface area contributed by atoms with Crippen LogP contribution in [0.4, 0.5) is 0 Å². The number of aliphatic hydroxyl groups is 1. The van der Waals surface area contributed by atoms with E-state index in [0.717, 1.165) is 12.8 Å². The van der Waals surface area contributed by atoms with Crippen molar-refractivity contribution in [2.45, 2.75) is 51.6 Å². The molecule has 4 nitrogen and oxygen atoms in total. The van der Waals surface area contributed by atoms with Crippen molar-refractivity contribution in [3.63, 3.8) is 0 Å². The summed E-state index contributed by atoms with van der Waals surface area (Å²) in [5.41, 5.74) is 0. The maximum atomic E-state index is 10.3. The molecule has 0 aromatic rings. The summed E-state index contributed by atoms with van der Waals surface area (Å²) in [5, 5.41) is 20.6. The first-order valence-electron chi connectivity index (χ1n) is 5.18. The summed E-state index contributed by atoms with van der Waals surface area (Å²) in [5.74, 6) is -0.756. The number of aliphatic carboxylic acids is 1. The zero-order chi connectivity index (χ0) is 11.0. The van der Waals surface area contributed by atoms with Gasteiger partial charge in [0, 0.05) is 25.1 Å². The molecular formula is C10H21NO3. The van der Waals surface area contributed by atoms with Gasteiger partial charge in [0.05, 0.1) is 0 Å². The van der Waals surface area contributed by atoms with Crippen LogP contribution in [0.1, 0.15) is 39.5 Å². The summed E-state index contributed by atoms with van der Waals surface area (Å²) in [7, 11) is 0. The maximum absolute atomic E-state index is 10.3. The summed E-state index contributed by atoms with van der Waals surface area (Å²) in [6, 6.07) is 0.492. The van der Waals surface area contributed by atoms with Crippen molar-refractivity contribution in [3.05, 3.63) is 0 Å². The minimum atomic E-state index is -0.756. The quantitative estimate of drug-likeness (QED) is 0.550. The molecule has 0 spiro atoms. The number of hydrogen-bond acceptors (Lipinski definition) is 3. The number of nitrogens with one attached hydrogen (secondary N) is 1. The number of hydrogen-bond donors (Lipinski definition) is 3. The molecule has 0 bridgehead atoms. The Bertz CT molecular complexity index is 161. The fraction of sp³-hybridized carbons (Fsp3) is 0.900. The lowest BCUT2D eigenvalue weighted by Gasteiger charge is -2.21. The highest BCUT2D eigenvalue weighted by atomic mass is 16.4. The van der Waals surface area contributed by atoms with E-state index in [4.69, 9.17) is 10.2 Å². The van der Waals surface area contributed by atoms with E-state index in [1.54, 1.807) is 0 Å². The highest BCUT2D eigenvalue weighted by Gasteiger charge is 2.10. The molecule has 0 saturated carbocycles. The summed E-state index contributed by atoms with van der Waals surface area (Å²) in [6.07, 6.45) is 2.52. The van der Waals surface area contributed by atoms with Crippen LogP contribution < -0.4 is 5.32 Å². The van der Waals surface area contributed by atoms with E-state index < -0.39 is 5.97 Å². The van der Waals surface area contributed by atoms with E-state index in [9.17, 15) is 4.79 Å². The summed E-state index contributed by atoms with van der Waals surface area (Å²) in [4.78, 5) is 10.3. The van der Waals surface area contributed by atoms with Gasteiger partial charge in [0.2, 0.25) is 0 Å². The van der Waals surface area contributed by atoms with Crippen LogP contribution in [0.5, 0.6) is 0 Å². The molecular weight excluding hydrogens is 182 g/mol. The van der Waals surface area contributed by atoms with Gasteiger partial charge in [0.1, 0.15) is 0 Å². The zero-order valence-electron chi connectivity index (χ0n) is 8.99. The molecule has 84 valence electrons. The summed E-state index contributed by atoms with van der Waals surface area (Å²) in [6.45, 7) is 4.21. The Balaban J connectivity index is 3.66. The van der Waals surface area contributed by atoms with E-state index in [0.29, 0.717) is 12.5 Å². The average Bonchev–Trinajstić information content (AvgIpc) is 2.14. The molecule has 2 unspecified atom stereocenters. The van der Waals surface area contributed by atoms with Gasteiger partial charge in [0.25, 0.3) is 0 Å². The van der Waals surface area contributed by atoms with E-state index >= 15 is 0 Å². The molecule has 0 aliphatic carbocycles. The minimum absolute atomic E-state index is 0.178. The van der Waals surface area contributed by atoms with E-state index in [1.807, 2.05) is 6.92 Å². The van der Waals surface area contributed by atoms with Gasteiger partial charge in [0.15, 0.2) is 0 Å². The number of rotatable bonds is 8. The monoisotopic (exact) mass is 203 g/mol. The third-order valence-electron chi connectivity index (χ3n) is 2.28. The topological polar surface area (TPSA) is 69.6 Å². The van der Waals surface area contributed by atoms with Crippen LogP contribution in [-0.2, 0) is 4.79 Å². The Morgan fingerprint density at radius 2 is 2.07 bits per heavy atom. The largest absolute Gasteiger partial charge is 0.481 e. The van der Waals surface area contributed by atoms with E-state index in [1.165, 1.54) is 0 Å². The van der Waals surface area contributed by atoms with Crippen LogP contribution in [0.25, 0.3) is 0 Å². The first-order chi connectivity index (χ1) is 6.60. The van der Waals surface area contributed by atoms with Gasteiger partial charge < -0.3 is 15.5 Å². The second-order valence-corrected chi connectivity index (χ2v) is 3.62. The predicted octanol–water partition coefficient (Wildman–Crippen LogP) is 0.990. The molecule has 14 heavy (non-hydrogen) atoms. The van der Waals surface area contributed by atoms with Crippen LogP contribution >= 0.6 is 0 Å². The summed E-state index contributed by atoms with van der Waals surface area (Å²) < 4.78 is 0. The standard InChI is InChI=1S/C10H21NO3/c1-3-9(6-7-12)11-8(2)4-5-10(13)14/h8-9,11-12H,3-7H2,1-2H3,(H,13,14). The molecule has 4 heteroatoms. The number of carboxylic acids is 1. The minimum Gasteiger partial charge on any atom is -0.481 e. The lowest BCUT2D eigenvalue weighted by atomic mass is 10.1. The average molecular weight is 203 g/mol. The van der Waals surface area contributed by atoms with Gasteiger partial charge in [-0.1, -0.05) is 6.92 Å². The molecule has 0 aromatic carbocycles. The number of aliphatic hydroxyl groups excluding tert-OH is 1. The first kappa shape index (κ1) is 13.4. The fourth-order valence-corrected chi connectivity index (χ4v) is 1.39.